The van der Waals surface area contributed by atoms with Gasteiger partial charge in [0.15, 0.2) is 22.6 Å². The number of carbonyl (C=O) groups is 2. The molecule has 2 fully saturated rings. The number of methoxy groups -OCH3 is 1. The number of aromatic hydroxyl groups is 1. The molecule has 2 bridgehead atoms. The van der Waals surface area contributed by atoms with Gasteiger partial charge >= 0.3 is 0 Å². The molecule has 14 heteroatoms. The summed E-state index contributed by atoms with van der Waals surface area (Å²) in [5.74, 6) is -0.276. The Kier molecular flexibility index (Phi) is 10.7. The van der Waals surface area contributed by atoms with Crippen molar-refractivity contribution in [3.63, 3.8) is 0 Å². The smallest absolute Gasteiger partial charge is 0.254 e. The fraction of sp³-hybridized carbons (Fsp3) is 0.391. The minimum Gasteiger partial charge on any atom is -0.506 e. The molecule has 9 rings (SSSR count). The van der Waals surface area contributed by atoms with Gasteiger partial charge in [0.2, 0.25) is 6.29 Å². The first-order chi connectivity index (χ1) is 29.0. The van der Waals surface area contributed by atoms with E-state index in [4.69, 9.17) is 18.9 Å². The van der Waals surface area contributed by atoms with E-state index in [0.29, 0.717) is 34.7 Å². The summed E-state index contributed by atoms with van der Waals surface area (Å²) in [4.78, 5) is 34.2. The van der Waals surface area contributed by atoms with Crippen LogP contribution >= 0.6 is 0 Å². The van der Waals surface area contributed by atoms with Crippen molar-refractivity contribution >= 4 is 40.4 Å². The molecule has 4 aliphatic heterocycles. The molecule has 6 atom stereocenters. The number of phenolic OH excluding ortho intramolecular Hbond substituents is 1. The predicted molar refractivity (Wildman–Crippen MR) is 221 cm³/mol. The van der Waals surface area contributed by atoms with Crippen molar-refractivity contribution in [3.8, 4) is 17.2 Å². The summed E-state index contributed by atoms with van der Waals surface area (Å²) < 4.78 is 25.2. The zero-order valence-electron chi connectivity index (χ0n) is 33.3. The number of aliphatic imine (C=N–C) groups is 1. The fourth-order valence-electron chi connectivity index (χ4n) is 9.37. The summed E-state index contributed by atoms with van der Waals surface area (Å²) in [7, 11) is 3.33. The highest BCUT2D eigenvalue weighted by atomic mass is 16.7. The summed E-state index contributed by atoms with van der Waals surface area (Å²) in [5, 5.41) is 61.2. The molecule has 0 unspecified atom stereocenters. The number of benzene rings is 4. The number of amides is 1. The van der Waals surface area contributed by atoms with Crippen molar-refractivity contribution in [1.29, 1.82) is 0 Å². The highest BCUT2D eigenvalue weighted by Crippen LogP contribution is 2.50. The lowest BCUT2D eigenvalue weighted by molar-refractivity contribution is -0.329. The molecule has 1 amide bonds. The number of fused-ring (bicyclic) bond motifs is 7. The normalized spacial score (nSPS) is 26.2. The van der Waals surface area contributed by atoms with E-state index < -0.39 is 54.4 Å². The minimum atomic E-state index is -2.56. The van der Waals surface area contributed by atoms with Crippen LogP contribution in [-0.2, 0) is 22.6 Å². The van der Waals surface area contributed by atoms with E-state index in [2.05, 4.69) is 10.3 Å². The van der Waals surface area contributed by atoms with Crippen molar-refractivity contribution in [2.45, 2.75) is 81.0 Å². The molecule has 4 aromatic carbocycles. The van der Waals surface area contributed by atoms with Gasteiger partial charge in [-0.2, -0.15) is 4.99 Å². The third-order valence-electron chi connectivity index (χ3n) is 12.6. The summed E-state index contributed by atoms with van der Waals surface area (Å²) in [6.07, 6.45) is 1.05. The fourth-order valence-corrected chi connectivity index (χ4v) is 9.37. The Morgan fingerprint density at radius 2 is 1.92 bits per heavy atom. The number of rotatable bonds is 9. The number of phenols is 1. The largest absolute Gasteiger partial charge is 0.506 e. The van der Waals surface area contributed by atoms with Gasteiger partial charge in [0, 0.05) is 30.3 Å². The van der Waals surface area contributed by atoms with Gasteiger partial charge in [0.05, 0.1) is 49.4 Å². The third kappa shape index (κ3) is 6.72. The van der Waals surface area contributed by atoms with Gasteiger partial charge in [0.25, 0.3) is 5.91 Å². The number of hydrogen-bond acceptors (Lipinski definition) is 13. The van der Waals surface area contributed by atoms with Gasteiger partial charge in [-0.3, -0.25) is 9.59 Å². The maximum absolute atomic E-state index is 14.6. The number of ether oxygens (including phenoxy) is 4. The van der Waals surface area contributed by atoms with E-state index in [-0.39, 0.29) is 53.8 Å². The molecule has 60 heavy (non-hydrogen) atoms. The van der Waals surface area contributed by atoms with Gasteiger partial charge in [0.1, 0.15) is 53.8 Å². The van der Waals surface area contributed by atoms with E-state index >= 15 is 0 Å². The standard InChI is InChI=1S/C46H47N3O11/c1-47-18-24-11-13-33-31(15-24)32(19-48-33)35-14-12-29-36(57-2)17-27-16-30(25-7-3-4-8-25)39(34(51)21-49-20-26-9-5-6-10-28(26)44(49)55)41(53)38(27)42(29)60-45-46(56,23-50)43(54)40(52)37(59-45)22-58-35/h5-6,9-17,19,25,35,37,40,43,45,47,50,52,54,56H,3-4,7-8,18,20-23H2,1-2H3/p+1/t35-,37+,40+,43-,45-,46+/m0/s1. The molecule has 0 radical (unpaired) electrons. The number of hydrogen-bond donors (Lipinski definition) is 6. The van der Waals surface area contributed by atoms with Crippen LogP contribution in [0, 0.1) is 5.92 Å². The SMILES string of the molecule is CNCc1ccc2c(c1)[C+]([C@@H]1C=Cc3c(OC)cc4cc(C5CCCC5)c(C(=O)CN5Cc6ccccc6C5=O)c(O)c4c3O[C@@H]3O[C@H](CO1)[C@@H](O)[C@H](O)[C@]3(O)CO)C=N2. The Morgan fingerprint density at radius 1 is 1.12 bits per heavy atom. The van der Waals surface area contributed by atoms with Crippen LogP contribution in [0.3, 0.4) is 0 Å². The first-order valence-corrected chi connectivity index (χ1v) is 20.4. The first kappa shape index (κ1) is 40.1. The van der Waals surface area contributed by atoms with Crippen LogP contribution in [0.4, 0.5) is 5.69 Å². The highest BCUT2D eigenvalue weighted by Gasteiger charge is 2.57. The predicted octanol–water partition coefficient (Wildman–Crippen LogP) is 4.07. The Bertz CT molecular complexity index is 2410. The van der Waals surface area contributed by atoms with Crippen LogP contribution in [0.2, 0.25) is 0 Å². The summed E-state index contributed by atoms with van der Waals surface area (Å²) in [6, 6.07) is 16.7. The van der Waals surface area contributed by atoms with Crippen molar-refractivity contribution < 1.29 is 54.1 Å². The Labute approximate surface area is 346 Å². The second-order valence-corrected chi connectivity index (χ2v) is 16.2. The van der Waals surface area contributed by atoms with E-state index in [1.54, 1.807) is 36.6 Å². The number of nitrogens with zero attached hydrogens (tertiary/aromatic N) is 2. The van der Waals surface area contributed by atoms with Crippen LogP contribution in [-0.4, -0.2) is 119 Å². The van der Waals surface area contributed by atoms with Crippen LogP contribution in [0.1, 0.15) is 80.1 Å². The maximum atomic E-state index is 14.6. The lowest BCUT2D eigenvalue weighted by atomic mass is 9.86. The van der Waals surface area contributed by atoms with Crippen molar-refractivity contribution in [1.82, 2.24) is 10.2 Å². The van der Waals surface area contributed by atoms with Gasteiger partial charge in [-0.05, 0) is 78.7 Å². The Balaban J connectivity index is 1.22. The molecule has 14 nitrogen and oxygen atoms in total. The molecule has 1 saturated heterocycles. The second kappa shape index (κ2) is 15.9. The molecule has 0 aromatic heterocycles. The maximum Gasteiger partial charge on any atom is 0.254 e. The zero-order valence-corrected chi connectivity index (χ0v) is 33.3. The molecule has 4 heterocycles. The third-order valence-corrected chi connectivity index (χ3v) is 12.6. The monoisotopic (exact) mass is 818 g/mol. The van der Waals surface area contributed by atoms with Crippen LogP contribution < -0.4 is 14.8 Å². The van der Waals surface area contributed by atoms with Gasteiger partial charge in [-0.1, -0.05) is 31.0 Å². The number of Topliss-reactive ketones (excluding diaryl/α,β-unsaturated/α-hetero) is 1. The second-order valence-electron chi connectivity index (χ2n) is 16.2. The summed E-state index contributed by atoms with van der Waals surface area (Å²) in [5.41, 5.74) is 2.31. The van der Waals surface area contributed by atoms with E-state index in [1.807, 2.05) is 43.4 Å². The molecule has 1 saturated carbocycles. The van der Waals surface area contributed by atoms with E-state index in [0.717, 1.165) is 48.1 Å². The van der Waals surface area contributed by atoms with E-state index in [9.17, 15) is 35.1 Å². The molecule has 312 valence electrons. The van der Waals surface area contributed by atoms with Crippen LogP contribution in [0.15, 0.2) is 65.7 Å². The Morgan fingerprint density at radius 3 is 2.67 bits per heavy atom. The van der Waals surface area contributed by atoms with Crippen molar-refractivity contribution in [2.75, 3.05) is 33.9 Å². The lowest BCUT2D eigenvalue weighted by Gasteiger charge is -2.47. The lowest BCUT2D eigenvalue weighted by Crippen LogP contribution is -2.69. The number of ketones is 1. The van der Waals surface area contributed by atoms with Crippen LogP contribution in [0.5, 0.6) is 17.2 Å². The zero-order chi connectivity index (χ0) is 41.9. The molecule has 4 aromatic rings. The van der Waals surface area contributed by atoms with Gasteiger partial charge in [-0.15, -0.1) is 0 Å². The van der Waals surface area contributed by atoms with E-state index in [1.165, 1.54) is 12.0 Å². The summed E-state index contributed by atoms with van der Waals surface area (Å²) in [6.45, 7) is -0.780. The molecule has 1 aliphatic carbocycles. The van der Waals surface area contributed by atoms with Crippen molar-refractivity contribution in [2.24, 2.45) is 4.99 Å². The van der Waals surface area contributed by atoms with Gasteiger partial charge in [-0.25, -0.2) is 0 Å². The molecule has 0 spiro atoms. The average Bonchev–Trinajstić information content (AvgIpc) is 4.01. The first-order valence-electron chi connectivity index (χ1n) is 20.4. The number of carbonyl (C=O) groups excluding carboxylic acids is 2. The number of aliphatic hydroxyl groups is 4. The highest BCUT2D eigenvalue weighted by molar-refractivity contribution is 6.11. The van der Waals surface area contributed by atoms with Crippen molar-refractivity contribution in [3.05, 3.63) is 106 Å². The van der Waals surface area contributed by atoms with Gasteiger partial charge < -0.3 is 54.7 Å². The summed E-state index contributed by atoms with van der Waals surface area (Å²) >= 11 is 0. The minimum absolute atomic E-state index is 0.0483. The number of nitrogens with one attached hydrogen (secondary N) is 1. The average molecular weight is 819 g/mol. The quantitative estimate of drug-likeness (QED) is 0.105. The topological polar surface area (TPSA) is 200 Å². The molecule has 5 aliphatic rings. The number of aliphatic hydroxyl groups excluding tert-OH is 3. The van der Waals surface area contributed by atoms with Crippen LogP contribution in [0.25, 0.3) is 16.8 Å². The molecular weight excluding hydrogens is 771 g/mol. The molecule has 6 N–H and O–H groups in total. The molecular formula is C46H48N3O11+. The Hall–Kier alpha value is -5.32.